The fourth-order valence-corrected chi connectivity index (χ4v) is 3.92. The summed E-state index contributed by atoms with van der Waals surface area (Å²) in [5.41, 5.74) is 6.21. The third-order valence-corrected chi connectivity index (χ3v) is 5.67. The fourth-order valence-electron chi connectivity index (χ4n) is 3.92. The van der Waals surface area contributed by atoms with Crippen LogP contribution < -0.4 is 25.3 Å². The zero-order valence-corrected chi connectivity index (χ0v) is 17.2. The second kappa shape index (κ2) is 9.21. The first-order valence-corrected chi connectivity index (χ1v) is 10.3. The molecule has 1 fully saturated rings. The van der Waals surface area contributed by atoms with E-state index in [2.05, 4.69) is 15.2 Å². The van der Waals surface area contributed by atoms with E-state index >= 15 is 0 Å². The number of fused-ring (bicyclic) bond motifs is 1. The molecule has 2 aliphatic rings. The number of nitrogens with zero attached hydrogens (tertiary/aromatic N) is 2. The molecule has 1 aromatic carbocycles. The lowest BCUT2D eigenvalue weighted by Crippen LogP contribution is -2.45. The van der Waals surface area contributed by atoms with E-state index in [1.165, 1.54) is 0 Å². The van der Waals surface area contributed by atoms with Crippen LogP contribution >= 0.6 is 0 Å². The van der Waals surface area contributed by atoms with Crippen LogP contribution in [0.5, 0.6) is 17.2 Å². The van der Waals surface area contributed by atoms with Crippen LogP contribution in [0, 0.1) is 5.92 Å². The Labute approximate surface area is 176 Å². The number of piperidine rings is 1. The average molecular weight is 412 g/mol. The Morgan fingerprint density at radius 2 is 2.13 bits per heavy atom. The van der Waals surface area contributed by atoms with Gasteiger partial charge in [-0.05, 0) is 56.1 Å². The Kier molecular flexibility index (Phi) is 6.23. The number of nitrogens with one attached hydrogen (secondary N) is 1. The highest BCUT2D eigenvalue weighted by Gasteiger charge is 2.27. The molecule has 160 valence electrons. The molecule has 0 saturated carbocycles. The standard InChI is InChI=1S/C22H28N4O4/c1-28-16-4-5-19-20(11-16)30-17(14-29-19)13-26-9-6-15(7-10-26)12-25-22(27)18-3-2-8-24-21(18)23/h2-5,8,11,15,17H,6-7,9-10,12-14H2,1H3,(H2,23,24)(H,25,27). The number of hydrogen-bond acceptors (Lipinski definition) is 7. The molecule has 2 aliphatic heterocycles. The maximum atomic E-state index is 12.3. The van der Waals surface area contributed by atoms with Crippen LogP contribution in [0.25, 0.3) is 0 Å². The van der Waals surface area contributed by atoms with E-state index in [0.29, 0.717) is 24.6 Å². The van der Waals surface area contributed by atoms with Crippen LogP contribution in [-0.2, 0) is 0 Å². The summed E-state index contributed by atoms with van der Waals surface area (Å²) in [4.78, 5) is 18.7. The summed E-state index contributed by atoms with van der Waals surface area (Å²) >= 11 is 0. The van der Waals surface area contributed by atoms with Gasteiger partial charge in [0.1, 0.15) is 24.3 Å². The van der Waals surface area contributed by atoms with Gasteiger partial charge in [0.15, 0.2) is 11.5 Å². The van der Waals surface area contributed by atoms with E-state index in [4.69, 9.17) is 19.9 Å². The fraction of sp³-hybridized carbons (Fsp3) is 0.455. The molecule has 3 heterocycles. The molecule has 1 saturated heterocycles. The number of rotatable bonds is 6. The molecule has 0 aliphatic carbocycles. The van der Waals surface area contributed by atoms with Crippen molar-refractivity contribution in [1.82, 2.24) is 15.2 Å². The number of carbonyl (C=O) groups excluding carboxylic acids is 1. The van der Waals surface area contributed by atoms with Crippen LogP contribution in [0.1, 0.15) is 23.2 Å². The molecule has 1 aromatic heterocycles. The second-order valence-electron chi connectivity index (χ2n) is 7.75. The number of hydrogen-bond donors (Lipinski definition) is 2. The Bertz CT molecular complexity index is 883. The van der Waals surface area contributed by atoms with Gasteiger partial charge in [-0.2, -0.15) is 0 Å². The minimum absolute atomic E-state index is 0.00517. The Hall–Kier alpha value is -3.00. The first-order chi connectivity index (χ1) is 14.6. The summed E-state index contributed by atoms with van der Waals surface area (Å²) in [7, 11) is 1.64. The molecule has 0 bridgehead atoms. The largest absolute Gasteiger partial charge is 0.497 e. The van der Waals surface area contributed by atoms with Gasteiger partial charge in [-0.25, -0.2) is 4.98 Å². The van der Waals surface area contributed by atoms with Crippen molar-refractivity contribution >= 4 is 11.7 Å². The van der Waals surface area contributed by atoms with Gasteiger partial charge < -0.3 is 25.3 Å². The van der Waals surface area contributed by atoms with Crippen molar-refractivity contribution in [1.29, 1.82) is 0 Å². The summed E-state index contributed by atoms with van der Waals surface area (Å²) in [6, 6.07) is 9.03. The van der Waals surface area contributed by atoms with Crippen molar-refractivity contribution in [3.05, 3.63) is 42.1 Å². The van der Waals surface area contributed by atoms with E-state index in [0.717, 1.165) is 49.7 Å². The summed E-state index contributed by atoms with van der Waals surface area (Å²) in [6.07, 6.45) is 3.63. The average Bonchev–Trinajstić information content (AvgIpc) is 2.78. The number of methoxy groups -OCH3 is 1. The van der Waals surface area contributed by atoms with E-state index in [1.54, 1.807) is 25.4 Å². The summed E-state index contributed by atoms with van der Waals surface area (Å²) in [5.74, 6) is 2.81. The number of anilines is 1. The number of nitrogen functional groups attached to an aromatic ring is 1. The van der Waals surface area contributed by atoms with E-state index < -0.39 is 0 Å². The molecule has 1 atom stereocenters. The van der Waals surface area contributed by atoms with Crippen molar-refractivity contribution in [2.45, 2.75) is 18.9 Å². The molecule has 4 rings (SSSR count). The molecule has 2 aromatic rings. The minimum Gasteiger partial charge on any atom is -0.497 e. The van der Waals surface area contributed by atoms with Crippen LogP contribution in [0.2, 0.25) is 0 Å². The SMILES string of the molecule is COc1ccc2c(c1)OC(CN1CCC(CNC(=O)c3cccnc3N)CC1)CO2. The number of ether oxygens (including phenoxy) is 3. The Balaban J connectivity index is 1.21. The van der Waals surface area contributed by atoms with Gasteiger partial charge in [-0.15, -0.1) is 0 Å². The van der Waals surface area contributed by atoms with Gasteiger partial charge in [0, 0.05) is 25.4 Å². The molecular formula is C22H28N4O4. The van der Waals surface area contributed by atoms with Crippen molar-refractivity contribution in [2.75, 3.05) is 45.6 Å². The van der Waals surface area contributed by atoms with E-state index in [1.807, 2.05) is 18.2 Å². The smallest absolute Gasteiger partial charge is 0.255 e. The predicted molar refractivity (Wildman–Crippen MR) is 113 cm³/mol. The number of likely N-dealkylation sites (tertiary alicyclic amines) is 1. The number of amides is 1. The molecule has 3 N–H and O–H groups in total. The number of pyridine rings is 1. The zero-order valence-electron chi connectivity index (χ0n) is 17.2. The molecule has 8 nitrogen and oxygen atoms in total. The third kappa shape index (κ3) is 4.76. The highest BCUT2D eigenvalue weighted by atomic mass is 16.6. The van der Waals surface area contributed by atoms with E-state index in [9.17, 15) is 4.79 Å². The lowest BCUT2D eigenvalue weighted by molar-refractivity contribution is 0.0474. The third-order valence-electron chi connectivity index (χ3n) is 5.67. The first kappa shape index (κ1) is 20.3. The number of nitrogens with two attached hydrogens (primary N) is 1. The lowest BCUT2D eigenvalue weighted by Gasteiger charge is -2.35. The molecule has 8 heteroatoms. The number of aromatic nitrogens is 1. The van der Waals surface area contributed by atoms with Crippen molar-refractivity contribution in [3.63, 3.8) is 0 Å². The van der Waals surface area contributed by atoms with Crippen molar-refractivity contribution in [3.8, 4) is 17.2 Å². The molecule has 0 spiro atoms. The lowest BCUT2D eigenvalue weighted by atomic mass is 9.96. The van der Waals surface area contributed by atoms with Gasteiger partial charge in [0.2, 0.25) is 0 Å². The van der Waals surface area contributed by atoms with Crippen LogP contribution in [0.3, 0.4) is 0 Å². The monoisotopic (exact) mass is 412 g/mol. The van der Waals surface area contributed by atoms with Crippen molar-refractivity contribution in [2.24, 2.45) is 5.92 Å². The zero-order chi connectivity index (χ0) is 20.9. The second-order valence-corrected chi connectivity index (χ2v) is 7.75. The van der Waals surface area contributed by atoms with Gasteiger partial charge in [-0.1, -0.05) is 0 Å². The minimum atomic E-state index is -0.162. The predicted octanol–water partition coefficient (Wildman–Crippen LogP) is 1.95. The van der Waals surface area contributed by atoms with E-state index in [-0.39, 0.29) is 17.8 Å². The maximum absolute atomic E-state index is 12.3. The molecule has 1 amide bonds. The Morgan fingerprint density at radius 1 is 1.30 bits per heavy atom. The van der Waals surface area contributed by atoms with Gasteiger partial charge >= 0.3 is 0 Å². The Morgan fingerprint density at radius 3 is 2.90 bits per heavy atom. The highest BCUT2D eigenvalue weighted by molar-refractivity contribution is 5.98. The molecular weight excluding hydrogens is 384 g/mol. The van der Waals surface area contributed by atoms with Gasteiger partial charge in [0.05, 0.1) is 12.7 Å². The first-order valence-electron chi connectivity index (χ1n) is 10.3. The molecule has 1 unspecified atom stereocenters. The number of carbonyl (C=O) groups is 1. The summed E-state index contributed by atoms with van der Waals surface area (Å²) < 4.78 is 17.2. The number of benzene rings is 1. The summed E-state index contributed by atoms with van der Waals surface area (Å²) in [6.45, 7) is 3.96. The van der Waals surface area contributed by atoms with Gasteiger partial charge in [-0.3, -0.25) is 9.69 Å². The molecule has 0 radical (unpaired) electrons. The summed E-state index contributed by atoms with van der Waals surface area (Å²) in [5, 5.41) is 2.99. The molecule has 30 heavy (non-hydrogen) atoms. The normalized spacial score (nSPS) is 19.3. The van der Waals surface area contributed by atoms with Crippen LogP contribution in [-0.4, -0.2) is 61.8 Å². The van der Waals surface area contributed by atoms with Crippen LogP contribution in [0.15, 0.2) is 36.5 Å². The highest BCUT2D eigenvalue weighted by Crippen LogP contribution is 2.35. The quantitative estimate of drug-likeness (QED) is 0.748. The van der Waals surface area contributed by atoms with Crippen LogP contribution in [0.4, 0.5) is 5.82 Å². The van der Waals surface area contributed by atoms with Gasteiger partial charge in [0.25, 0.3) is 5.91 Å². The van der Waals surface area contributed by atoms with Crippen molar-refractivity contribution < 1.29 is 19.0 Å². The maximum Gasteiger partial charge on any atom is 0.255 e. The topological polar surface area (TPSA) is 98.9 Å².